The molecule has 0 saturated heterocycles. The van der Waals surface area contributed by atoms with E-state index in [1.54, 1.807) is 23.1 Å². The second-order valence-electron chi connectivity index (χ2n) is 7.45. The van der Waals surface area contributed by atoms with Gasteiger partial charge in [-0.05, 0) is 57.0 Å². The number of fused-ring (bicyclic) bond motifs is 1. The number of para-hydroxylation sites is 1. The topological polar surface area (TPSA) is 72.7 Å². The summed E-state index contributed by atoms with van der Waals surface area (Å²) in [5.41, 5.74) is 4.04. The van der Waals surface area contributed by atoms with Crippen LogP contribution in [0.5, 0.6) is 0 Å². The van der Waals surface area contributed by atoms with Crippen molar-refractivity contribution in [3.63, 3.8) is 0 Å². The lowest BCUT2D eigenvalue weighted by Gasteiger charge is -2.14. The highest BCUT2D eigenvalue weighted by atomic mass is 32.2. The van der Waals surface area contributed by atoms with Crippen LogP contribution in [0.3, 0.4) is 0 Å². The minimum atomic E-state index is -0.297. The number of aryl methyl sites for hydroxylation is 2. The molecule has 2 heterocycles. The summed E-state index contributed by atoms with van der Waals surface area (Å²) in [5, 5.41) is 12.3. The first-order valence-electron chi connectivity index (χ1n) is 10.4. The molecule has 0 bridgehead atoms. The van der Waals surface area contributed by atoms with Gasteiger partial charge in [0, 0.05) is 12.2 Å². The number of hydrogen-bond acceptors (Lipinski definition) is 7. The molecule has 0 fully saturated rings. The van der Waals surface area contributed by atoms with Crippen molar-refractivity contribution in [3.8, 4) is 0 Å². The predicted molar refractivity (Wildman–Crippen MR) is 135 cm³/mol. The minimum Gasteiger partial charge on any atom is -0.325 e. The quantitative estimate of drug-likeness (QED) is 0.313. The van der Waals surface area contributed by atoms with Crippen LogP contribution in [0, 0.1) is 13.8 Å². The van der Waals surface area contributed by atoms with Gasteiger partial charge in [0.15, 0.2) is 9.50 Å². The first kappa shape index (κ1) is 22.8. The van der Waals surface area contributed by atoms with Crippen LogP contribution in [-0.4, -0.2) is 30.9 Å². The zero-order valence-corrected chi connectivity index (χ0v) is 20.9. The van der Waals surface area contributed by atoms with Crippen LogP contribution in [-0.2, 0) is 17.1 Å². The highest BCUT2D eigenvalue weighted by molar-refractivity contribution is 8.00. The number of nitrogens with one attached hydrogen (secondary N) is 1. The Balaban J connectivity index is 1.41. The largest absolute Gasteiger partial charge is 0.325 e. The Morgan fingerprint density at radius 2 is 2.00 bits per heavy atom. The first-order chi connectivity index (χ1) is 15.4. The standard InChI is InChI=1S/C23H25N5OS3/c1-5-28-20(13-30-23-25-17-8-6-7-9-19(17)32-23)26-27-22(28)31-16(4)21(29)24-18-12-14(2)10-11-15(18)3/h6-12,16H,5,13H2,1-4H3,(H,24,29). The van der Waals surface area contributed by atoms with Gasteiger partial charge in [0.05, 0.1) is 21.2 Å². The van der Waals surface area contributed by atoms with Crippen LogP contribution in [0.4, 0.5) is 5.69 Å². The van der Waals surface area contributed by atoms with Gasteiger partial charge in [-0.25, -0.2) is 4.98 Å². The van der Waals surface area contributed by atoms with Crippen molar-refractivity contribution < 1.29 is 4.79 Å². The molecule has 0 radical (unpaired) electrons. The predicted octanol–water partition coefficient (Wildman–Crippen LogP) is 5.94. The van der Waals surface area contributed by atoms with E-state index in [-0.39, 0.29) is 11.2 Å². The van der Waals surface area contributed by atoms with Crippen LogP contribution in [0.15, 0.2) is 52.0 Å². The summed E-state index contributed by atoms with van der Waals surface area (Å²) in [7, 11) is 0. The van der Waals surface area contributed by atoms with Crippen molar-refractivity contribution in [2.75, 3.05) is 5.32 Å². The maximum atomic E-state index is 12.8. The maximum absolute atomic E-state index is 12.8. The van der Waals surface area contributed by atoms with Crippen molar-refractivity contribution in [2.45, 2.75) is 54.7 Å². The van der Waals surface area contributed by atoms with Crippen molar-refractivity contribution in [1.82, 2.24) is 19.7 Å². The van der Waals surface area contributed by atoms with Crippen molar-refractivity contribution in [2.24, 2.45) is 0 Å². The number of aromatic nitrogens is 4. The summed E-state index contributed by atoms with van der Waals surface area (Å²) in [5.74, 6) is 1.53. The molecule has 1 atom stereocenters. The smallest absolute Gasteiger partial charge is 0.237 e. The Kier molecular flexibility index (Phi) is 7.17. The van der Waals surface area contributed by atoms with Crippen molar-refractivity contribution in [3.05, 3.63) is 59.4 Å². The van der Waals surface area contributed by atoms with Gasteiger partial charge in [0.25, 0.3) is 0 Å². The molecule has 0 aliphatic rings. The monoisotopic (exact) mass is 483 g/mol. The average Bonchev–Trinajstić information content (AvgIpc) is 3.37. The van der Waals surface area contributed by atoms with Gasteiger partial charge in [-0.3, -0.25) is 4.79 Å². The summed E-state index contributed by atoms with van der Waals surface area (Å²) in [6.45, 7) is 8.73. The lowest BCUT2D eigenvalue weighted by Crippen LogP contribution is -2.23. The zero-order valence-electron chi connectivity index (χ0n) is 18.5. The first-order valence-corrected chi connectivity index (χ1v) is 13.1. The molecule has 6 nitrogen and oxygen atoms in total. The Labute approximate surface area is 200 Å². The molecule has 9 heteroatoms. The van der Waals surface area contributed by atoms with E-state index in [1.165, 1.54) is 16.5 Å². The molecule has 166 valence electrons. The van der Waals surface area contributed by atoms with Gasteiger partial charge >= 0.3 is 0 Å². The van der Waals surface area contributed by atoms with Gasteiger partial charge in [-0.1, -0.05) is 47.8 Å². The molecule has 0 saturated carbocycles. The van der Waals surface area contributed by atoms with E-state index in [2.05, 4.69) is 38.1 Å². The summed E-state index contributed by atoms with van der Waals surface area (Å²) >= 11 is 4.79. The zero-order chi connectivity index (χ0) is 22.7. The summed E-state index contributed by atoms with van der Waals surface area (Å²) in [6, 6.07) is 14.2. The normalized spacial score (nSPS) is 12.2. The number of nitrogens with zero attached hydrogens (tertiary/aromatic N) is 4. The van der Waals surface area contributed by atoms with Crippen molar-refractivity contribution >= 4 is 56.7 Å². The number of anilines is 1. The molecule has 0 spiro atoms. The summed E-state index contributed by atoms with van der Waals surface area (Å²) in [4.78, 5) is 17.5. The van der Waals surface area contributed by atoms with Crippen LogP contribution in [0.1, 0.15) is 30.8 Å². The van der Waals surface area contributed by atoms with E-state index in [9.17, 15) is 4.79 Å². The van der Waals surface area contributed by atoms with Crippen molar-refractivity contribution in [1.29, 1.82) is 0 Å². The second-order valence-corrected chi connectivity index (χ2v) is 11.0. The number of rotatable bonds is 8. The lowest BCUT2D eigenvalue weighted by atomic mass is 10.1. The Morgan fingerprint density at radius 1 is 1.19 bits per heavy atom. The van der Waals surface area contributed by atoms with E-state index in [1.807, 2.05) is 57.2 Å². The fourth-order valence-electron chi connectivity index (χ4n) is 3.19. The van der Waals surface area contributed by atoms with Gasteiger partial charge in [-0.2, -0.15) is 0 Å². The molecule has 2 aromatic carbocycles. The molecule has 4 rings (SSSR count). The molecule has 2 aromatic heterocycles. The lowest BCUT2D eigenvalue weighted by molar-refractivity contribution is -0.115. The molecular weight excluding hydrogens is 458 g/mol. The number of thioether (sulfide) groups is 2. The van der Waals surface area contributed by atoms with Crippen LogP contribution in [0.25, 0.3) is 10.2 Å². The molecule has 0 aliphatic carbocycles. The number of hydrogen-bond donors (Lipinski definition) is 1. The summed E-state index contributed by atoms with van der Waals surface area (Å²) < 4.78 is 4.28. The van der Waals surface area contributed by atoms with E-state index >= 15 is 0 Å². The maximum Gasteiger partial charge on any atom is 0.237 e. The molecular formula is C23H25N5OS3. The van der Waals surface area contributed by atoms with Crippen LogP contribution >= 0.6 is 34.9 Å². The summed E-state index contributed by atoms with van der Waals surface area (Å²) in [6.07, 6.45) is 0. The van der Waals surface area contributed by atoms with E-state index in [0.717, 1.165) is 44.2 Å². The Hall–Kier alpha value is -2.36. The van der Waals surface area contributed by atoms with Gasteiger partial charge in [0.1, 0.15) is 5.82 Å². The minimum absolute atomic E-state index is 0.0419. The SMILES string of the molecule is CCn1c(CSc2nc3ccccc3s2)nnc1SC(C)C(=O)Nc1cc(C)ccc1C. The Bertz CT molecular complexity index is 1220. The number of carbonyl (C=O) groups excluding carboxylic acids is 1. The fourth-order valence-corrected chi connectivity index (χ4v) is 6.13. The molecule has 1 amide bonds. The number of carbonyl (C=O) groups is 1. The van der Waals surface area contributed by atoms with E-state index in [0.29, 0.717) is 5.75 Å². The molecule has 0 aliphatic heterocycles. The third kappa shape index (κ3) is 5.16. The molecule has 32 heavy (non-hydrogen) atoms. The van der Waals surface area contributed by atoms with Gasteiger partial charge in [-0.15, -0.1) is 21.5 Å². The highest BCUT2D eigenvalue weighted by Gasteiger charge is 2.20. The fraction of sp³-hybridized carbons (Fsp3) is 0.304. The van der Waals surface area contributed by atoms with Crippen LogP contribution < -0.4 is 5.32 Å². The average molecular weight is 484 g/mol. The molecule has 1 N–H and O–H groups in total. The van der Waals surface area contributed by atoms with E-state index in [4.69, 9.17) is 0 Å². The molecule has 4 aromatic rings. The van der Waals surface area contributed by atoms with E-state index < -0.39 is 0 Å². The number of thiazole rings is 1. The highest BCUT2D eigenvalue weighted by Crippen LogP contribution is 2.32. The number of amides is 1. The number of benzene rings is 2. The van der Waals surface area contributed by atoms with Gasteiger partial charge in [0.2, 0.25) is 5.91 Å². The second kappa shape index (κ2) is 10.1. The third-order valence-corrected chi connectivity index (χ3v) is 8.27. The Morgan fingerprint density at radius 3 is 2.78 bits per heavy atom. The van der Waals surface area contributed by atoms with Crippen LogP contribution in [0.2, 0.25) is 0 Å². The van der Waals surface area contributed by atoms with Gasteiger partial charge < -0.3 is 9.88 Å². The third-order valence-electron chi connectivity index (χ3n) is 5.01. The molecule has 1 unspecified atom stereocenters.